The van der Waals surface area contributed by atoms with Gasteiger partial charge < -0.3 is 19.9 Å². The van der Waals surface area contributed by atoms with E-state index in [1.807, 2.05) is 0 Å². The van der Waals surface area contributed by atoms with Crippen LogP contribution in [0.5, 0.6) is 5.88 Å². The quantitative estimate of drug-likeness (QED) is 0.781. The number of piperidine rings is 1. The maximum Gasteiger partial charge on any atom is 0.490 e. The number of hydrogen-bond donors (Lipinski definition) is 2. The fourth-order valence-electron chi connectivity index (χ4n) is 2.72. The second-order valence-corrected chi connectivity index (χ2v) is 5.78. The second-order valence-electron chi connectivity index (χ2n) is 5.78. The van der Waals surface area contributed by atoms with Crippen molar-refractivity contribution < 1.29 is 36.9 Å². The first-order valence-corrected chi connectivity index (χ1v) is 7.64. The Bertz CT molecular complexity index is 591. The number of alkyl halides is 3. The fraction of sp³-hybridized carbons (Fsp3) is 0.600. The summed E-state index contributed by atoms with van der Waals surface area (Å²) in [7, 11) is 0. The van der Waals surface area contributed by atoms with Crippen LogP contribution in [0.1, 0.15) is 19.3 Å². The number of hydrogen-bond acceptors (Lipinski definition) is 5. The van der Waals surface area contributed by atoms with E-state index in [1.165, 1.54) is 12.3 Å². The Kier molecular flexibility index (Phi) is 6.17. The molecule has 2 aliphatic heterocycles. The second kappa shape index (κ2) is 7.96. The first kappa shape index (κ1) is 19.4. The van der Waals surface area contributed by atoms with Gasteiger partial charge in [-0.2, -0.15) is 13.2 Å². The summed E-state index contributed by atoms with van der Waals surface area (Å²) in [5.41, 5.74) is -0.0683. The molecule has 25 heavy (non-hydrogen) atoms. The molecule has 3 rings (SSSR count). The lowest BCUT2D eigenvalue weighted by Crippen LogP contribution is -2.41. The molecular weight excluding hydrogens is 348 g/mol. The van der Waals surface area contributed by atoms with Crippen LogP contribution in [-0.2, 0) is 9.53 Å². The molecule has 2 saturated heterocycles. The lowest BCUT2D eigenvalue weighted by atomic mass is 9.89. The number of nitrogens with zero attached hydrogens (tertiary/aromatic N) is 1. The molecule has 6 nitrogen and oxygen atoms in total. The van der Waals surface area contributed by atoms with Crippen molar-refractivity contribution in [2.45, 2.75) is 37.1 Å². The van der Waals surface area contributed by atoms with Gasteiger partial charge in [0.1, 0.15) is 6.10 Å². The van der Waals surface area contributed by atoms with E-state index < -0.39 is 18.0 Å². The third-order valence-corrected chi connectivity index (χ3v) is 3.94. The Balaban J connectivity index is 0.000000277. The van der Waals surface area contributed by atoms with E-state index in [0.29, 0.717) is 6.61 Å². The highest BCUT2D eigenvalue weighted by Gasteiger charge is 2.42. The highest BCUT2D eigenvalue weighted by atomic mass is 19.4. The molecule has 140 valence electrons. The van der Waals surface area contributed by atoms with Crippen molar-refractivity contribution in [3.05, 3.63) is 24.1 Å². The largest absolute Gasteiger partial charge is 0.490 e. The van der Waals surface area contributed by atoms with Gasteiger partial charge in [-0.1, -0.05) is 0 Å². The molecule has 1 spiro atoms. The number of halogens is 4. The van der Waals surface area contributed by atoms with Crippen molar-refractivity contribution in [1.29, 1.82) is 0 Å². The third kappa shape index (κ3) is 5.53. The molecule has 0 bridgehead atoms. The van der Waals surface area contributed by atoms with Crippen LogP contribution >= 0.6 is 0 Å². The van der Waals surface area contributed by atoms with E-state index in [2.05, 4.69) is 10.3 Å². The normalized spacial score (nSPS) is 22.2. The topological polar surface area (TPSA) is 80.7 Å². The number of aliphatic carboxylic acids is 1. The predicted octanol–water partition coefficient (Wildman–Crippen LogP) is 2.14. The molecule has 1 aromatic rings. The molecule has 1 unspecified atom stereocenters. The van der Waals surface area contributed by atoms with Crippen LogP contribution in [0.15, 0.2) is 18.3 Å². The first-order chi connectivity index (χ1) is 11.7. The highest BCUT2D eigenvalue weighted by molar-refractivity contribution is 5.73. The highest BCUT2D eigenvalue weighted by Crippen LogP contribution is 2.35. The van der Waals surface area contributed by atoms with Gasteiger partial charge in [0.2, 0.25) is 0 Å². The molecule has 1 atom stereocenters. The number of rotatable bonds is 2. The van der Waals surface area contributed by atoms with Crippen LogP contribution < -0.4 is 10.1 Å². The van der Waals surface area contributed by atoms with E-state index in [-0.39, 0.29) is 17.6 Å². The SMILES string of the molecule is Fc1cccnc1OC1COC2(CCNCC2)C1.O=C(O)C(F)(F)F. The molecule has 3 heterocycles. The van der Waals surface area contributed by atoms with Gasteiger partial charge in [0.05, 0.1) is 12.2 Å². The van der Waals surface area contributed by atoms with Crippen LogP contribution in [0, 0.1) is 5.82 Å². The van der Waals surface area contributed by atoms with Crippen LogP contribution in [0.4, 0.5) is 17.6 Å². The standard InChI is InChI=1S/C13H17FN2O2.C2HF3O2/c14-11-2-1-5-16-12(11)18-10-8-13(17-9-10)3-6-15-7-4-13;3-2(4,5)1(6)7/h1-2,5,10,15H,3-4,6-9H2;(H,6,7). The first-order valence-electron chi connectivity index (χ1n) is 7.64. The van der Waals surface area contributed by atoms with E-state index >= 15 is 0 Å². The van der Waals surface area contributed by atoms with E-state index in [9.17, 15) is 17.6 Å². The molecule has 2 fully saturated rings. The zero-order valence-electron chi connectivity index (χ0n) is 13.2. The maximum absolute atomic E-state index is 13.4. The molecule has 0 amide bonds. The Morgan fingerprint density at radius 2 is 2.04 bits per heavy atom. The number of nitrogens with one attached hydrogen (secondary N) is 1. The van der Waals surface area contributed by atoms with Gasteiger partial charge >= 0.3 is 12.1 Å². The van der Waals surface area contributed by atoms with E-state index in [0.717, 1.165) is 32.4 Å². The number of ether oxygens (including phenoxy) is 2. The lowest BCUT2D eigenvalue weighted by molar-refractivity contribution is -0.192. The van der Waals surface area contributed by atoms with Crippen LogP contribution in [-0.4, -0.2) is 53.6 Å². The molecule has 2 aliphatic rings. The van der Waals surface area contributed by atoms with Crippen LogP contribution in [0.3, 0.4) is 0 Å². The van der Waals surface area contributed by atoms with Crippen molar-refractivity contribution in [1.82, 2.24) is 10.3 Å². The summed E-state index contributed by atoms with van der Waals surface area (Å²) in [5, 5.41) is 10.4. The Hall–Kier alpha value is -1.94. The number of carboxylic acids is 1. The molecule has 1 aromatic heterocycles. The van der Waals surface area contributed by atoms with Crippen molar-refractivity contribution in [2.24, 2.45) is 0 Å². The third-order valence-electron chi connectivity index (χ3n) is 3.94. The average molecular weight is 366 g/mol. The fourth-order valence-corrected chi connectivity index (χ4v) is 2.72. The maximum atomic E-state index is 13.4. The molecule has 2 N–H and O–H groups in total. The minimum Gasteiger partial charge on any atom is -0.475 e. The summed E-state index contributed by atoms with van der Waals surface area (Å²) in [6.45, 7) is 2.48. The predicted molar refractivity (Wildman–Crippen MR) is 77.7 cm³/mol. The van der Waals surface area contributed by atoms with Crippen molar-refractivity contribution in [3.63, 3.8) is 0 Å². The van der Waals surface area contributed by atoms with Crippen LogP contribution in [0.25, 0.3) is 0 Å². The molecular formula is C15H18F4N2O4. The van der Waals surface area contributed by atoms with E-state index in [4.69, 9.17) is 19.4 Å². The summed E-state index contributed by atoms with van der Waals surface area (Å²) in [6, 6.07) is 2.92. The molecule has 0 saturated carbocycles. The Morgan fingerprint density at radius 3 is 2.60 bits per heavy atom. The summed E-state index contributed by atoms with van der Waals surface area (Å²) in [5.74, 6) is -3.09. The summed E-state index contributed by atoms with van der Waals surface area (Å²) in [4.78, 5) is 12.8. The number of pyridine rings is 1. The van der Waals surface area contributed by atoms with Gasteiger partial charge in [0.15, 0.2) is 5.82 Å². The van der Waals surface area contributed by atoms with Gasteiger partial charge in [-0.3, -0.25) is 0 Å². The zero-order chi connectivity index (χ0) is 18.5. The zero-order valence-corrected chi connectivity index (χ0v) is 13.2. The minimum absolute atomic E-state index is 0.0683. The summed E-state index contributed by atoms with van der Waals surface area (Å²) < 4.78 is 56.7. The number of carbonyl (C=O) groups is 1. The molecule has 0 aromatic carbocycles. The minimum atomic E-state index is -5.08. The lowest BCUT2D eigenvalue weighted by Gasteiger charge is -2.32. The van der Waals surface area contributed by atoms with Crippen LogP contribution in [0.2, 0.25) is 0 Å². The summed E-state index contributed by atoms with van der Waals surface area (Å²) >= 11 is 0. The summed E-state index contributed by atoms with van der Waals surface area (Å²) in [6.07, 6.45) is -0.818. The smallest absolute Gasteiger partial charge is 0.475 e. The van der Waals surface area contributed by atoms with Gasteiger partial charge in [-0.25, -0.2) is 14.2 Å². The van der Waals surface area contributed by atoms with Gasteiger partial charge in [-0.15, -0.1) is 0 Å². The van der Waals surface area contributed by atoms with Gasteiger partial charge in [0.25, 0.3) is 5.88 Å². The van der Waals surface area contributed by atoms with E-state index in [1.54, 1.807) is 6.07 Å². The van der Waals surface area contributed by atoms with Crippen molar-refractivity contribution in [3.8, 4) is 5.88 Å². The average Bonchev–Trinajstić information content (AvgIpc) is 2.92. The monoisotopic (exact) mass is 366 g/mol. The number of carboxylic acid groups (broad SMARTS) is 1. The van der Waals surface area contributed by atoms with Crippen molar-refractivity contribution >= 4 is 5.97 Å². The molecule has 10 heteroatoms. The molecule has 0 radical (unpaired) electrons. The Morgan fingerprint density at radius 1 is 1.40 bits per heavy atom. The Labute approximate surface area is 141 Å². The molecule has 0 aliphatic carbocycles. The van der Waals surface area contributed by atoms with Gasteiger partial charge in [-0.05, 0) is 38.1 Å². The van der Waals surface area contributed by atoms with Crippen molar-refractivity contribution in [2.75, 3.05) is 19.7 Å². The number of aromatic nitrogens is 1. The van der Waals surface area contributed by atoms with Gasteiger partial charge in [0, 0.05) is 12.6 Å².